The van der Waals surface area contributed by atoms with E-state index in [0.29, 0.717) is 29.8 Å². The van der Waals surface area contributed by atoms with Crippen LogP contribution in [-0.4, -0.2) is 25.7 Å². The largest absolute Gasteiger partial charge is 0.489 e. The van der Waals surface area contributed by atoms with Crippen molar-refractivity contribution in [1.29, 1.82) is 0 Å². The summed E-state index contributed by atoms with van der Waals surface area (Å²) in [6.45, 7) is 6.21. The third kappa shape index (κ3) is 4.39. The van der Waals surface area contributed by atoms with Crippen molar-refractivity contribution >= 4 is 23.3 Å². The van der Waals surface area contributed by atoms with E-state index in [1.54, 1.807) is 4.68 Å². The summed E-state index contributed by atoms with van der Waals surface area (Å²) in [5.74, 6) is 1.65. The summed E-state index contributed by atoms with van der Waals surface area (Å²) in [6.07, 6.45) is 0.343. The fourth-order valence-corrected chi connectivity index (χ4v) is 4.58. The van der Waals surface area contributed by atoms with Crippen molar-refractivity contribution in [2.45, 2.75) is 39.7 Å². The van der Waals surface area contributed by atoms with Gasteiger partial charge in [0.1, 0.15) is 18.2 Å². The number of amides is 1. The number of hydrogen-bond acceptors (Lipinski definition) is 5. The number of benzene rings is 2. The molecule has 0 bridgehead atoms. The summed E-state index contributed by atoms with van der Waals surface area (Å²) in [6, 6.07) is 17.4. The maximum atomic E-state index is 12.7. The van der Waals surface area contributed by atoms with Gasteiger partial charge >= 0.3 is 0 Å². The highest BCUT2D eigenvalue weighted by atomic mass is 35.5. The molecule has 5 rings (SSSR count). The van der Waals surface area contributed by atoms with Crippen molar-refractivity contribution in [3.8, 4) is 11.7 Å². The van der Waals surface area contributed by atoms with Crippen LogP contribution >= 0.6 is 11.6 Å². The van der Waals surface area contributed by atoms with Crippen molar-refractivity contribution in [2.75, 3.05) is 5.32 Å². The van der Waals surface area contributed by atoms with Crippen molar-refractivity contribution in [3.05, 3.63) is 93.4 Å². The molecule has 34 heavy (non-hydrogen) atoms. The fraction of sp³-hybridized carbons (Fsp3) is 0.231. The molecule has 0 saturated carbocycles. The van der Waals surface area contributed by atoms with Crippen molar-refractivity contribution in [3.63, 3.8) is 0 Å². The summed E-state index contributed by atoms with van der Waals surface area (Å²) in [4.78, 5) is 21.7. The standard InChI is InChI=1S/C26H24ClN5O2/c1-15-11-16(2)29-26(28-15)32-25-24(17(3)31-32)22(13-23(33)30-25)19-7-9-21(10-8-19)34-14-18-5-4-6-20(27)12-18/h4-12,22H,13-14H2,1-3H3,(H,30,33)/t22-/m0/s1. The highest BCUT2D eigenvalue weighted by Gasteiger charge is 2.33. The highest BCUT2D eigenvalue weighted by Crippen LogP contribution is 2.40. The zero-order chi connectivity index (χ0) is 23.8. The van der Waals surface area contributed by atoms with Crippen molar-refractivity contribution < 1.29 is 9.53 Å². The van der Waals surface area contributed by atoms with Gasteiger partial charge in [-0.25, -0.2) is 9.97 Å². The number of anilines is 1. The predicted octanol–water partition coefficient (Wildman–Crippen LogP) is 5.29. The van der Waals surface area contributed by atoms with E-state index in [-0.39, 0.29) is 11.8 Å². The molecule has 2 aromatic carbocycles. The van der Waals surface area contributed by atoms with Crippen LogP contribution in [0.2, 0.25) is 5.02 Å². The van der Waals surface area contributed by atoms with Gasteiger partial charge in [-0.15, -0.1) is 0 Å². The first-order valence-corrected chi connectivity index (χ1v) is 11.4. The smallest absolute Gasteiger partial charge is 0.252 e. The van der Waals surface area contributed by atoms with E-state index in [1.165, 1.54) is 0 Å². The molecule has 8 heteroatoms. The van der Waals surface area contributed by atoms with Gasteiger partial charge in [-0.1, -0.05) is 35.9 Å². The van der Waals surface area contributed by atoms with E-state index in [0.717, 1.165) is 39.5 Å². The van der Waals surface area contributed by atoms with Crippen LogP contribution in [0.5, 0.6) is 5.75 Å². The normalized spacial score (nSPS) is 15.1. The second kappa shape index (κ2) is 8.91. The Balaban J connectivity index is 1.43. The van der Waals surface area contributed by atoms with Crippen LogP contribution in [0.25, 0.3) is 5.95 Å². The van der Waals surface area contributed by atoms with Gasteiger partial charge in [0, 0.05) is 34.3 Å². The molecular weight excluding hydrogens is 450 g/mol. The molecule has 0 radical (unpaired) electrons. The Bertz CT molecular complexity index is 1360. The lowest BCUT2D eigenvalue weighted by atomic mass is 9.86. The molecule has 7 nitrogen and oxygen atoms in total. The summed E-state index contributed by atoms with van der Waals surface area (Å²) >= 11 is 6.05. The average molecular weight is 474 g/mol. The Morgan fingerprint density at radius 2 is 1.79 bits per heavy atom. The summed E-state index contributed by atoms with van der Waals surface area (Å²) in [5, 5.41) is 8.36. The molecule has 1 amide bonds. The van der Waals surface area contributed by atoms with E-state index in [2.05, 4.69) is 20.4 Å². The number of aromatic nitrogens is 4. The van der Waals surface area contributed by atoms with E-state index in [1.807, 2.05) is 75.4 Å². The topological polar surface area (TPSA) is 81.9 Å². The zero-order valence-electron chi connectivity index (χ0n) is 19.2. The van der Waals surface area contributed by atoms with Crippen LogP contribution in [0, 0.1) is 20.8 Å². The van der Waals surface area contributed by atoms with E-state index < -0.39 is 0 Å². The quantitative estimate of drug-likeness (QED) is 0.425. The van der Waals surface area contributed by atoms with Gasteiger partial charge in [0.25, 0.3) is 5.95 Å². The maximum Gasteiger partial charge on any atom is 0.252 e. The lowest BCUT2D eigenvalue weighted by Gasteiger charge is -2.24. The molecule has 0 spiro atoms. The van der Waals surface area contributed by atoms with E-state index in [9.17, 15) is 4.79 Å². The first-order chi connectivity index (χ1) is 16.4. The van der Waals surface area contributed by atoms with Gasteiger partial charge in [-0.2, -0.15) is 9.78 Å². The van der Waals surface area contributed by atoms with Crippen LogP contribution in [0.1, 0.15) is 46.1 Å². The van der Waals surface area contributed by atoms with Crippen molar-refractivity contribution in [2.24, 2.45) is 0 Å². The second-order valence-corrected chi connectivity index (χ2v) is 8.94. The highest BCUT2D eigenvalue weighted by molar-refractivity contribution is 6.30. The molecule has 2 aromatic heterocycles. The van der Waals surface area contributed by atoms with Crippen LogP contribution in [0.4, 0.5) is 5.82 Å². The molecule has 0 saturated heterocycles. The van der Waals surface area contributed by atoms with Gasteiger partial charge < -0.3 is 10.1 Å². The van der Waals surface area contributed by atoms with Crippen molar-refractivity contribution in [1.82, 2.24) is 19.7 Å². The number of halogens is 1. The van der Waals surface area contributed by atoms with Gasteiger partial charge in [-0.3, -0.25) is 4.79 Å². The van der Waals surface area contributed by atoms with Gasteiger partial charge in [-0.05, 0) is 62.2 Å². The zero-order valence-corrected chi connectivity index (χ0v) is 19.9. The lowest BCUT2D eigenvalue weighted by molar-refractivity contribution is -0.116. The first-order valence-electron chi connectivity index (χ1n) is 11.1. The monoisotopic (exact) mass is 473 g/mol. The van der Waals surface area contributed by atoms with Gasteiger partial charge in [0.15, 0.2) is 0 Å². The molecule has 172 valence electrons. The van der Waals surface area contributed by atoms with Crippen LogP contribution in [0.15, 0.2) is 54.6 Å². The number of rotatable bonds is 5. The summed E-state index contributed by atoms with van der Waals surface area (Å²) < 4.78 is 7.55. The molecule has 1 N–H and O–H groups in total. The Hall–Kier alpha value is -3.71. The molecule has 3 heterocycles. The van der Waals surface area contributed by atoms with E-state index in [4.69, 9.17) is 16.3 Å². The lowest BCUT2D eigenvalue weighted by Crippen LogP contribution is -2.25. The maximum absolute atomic E-state index is 12.7. The number of nitrogens with zero attached hydrogens (tertiary/aromatic N) is 4. The van der Waals surface area contributed by atoms with Gasteiger partial charge in [0.2, 0.25) is 5.91 Å². The molecule has 0 unspecified atom stereocenters. The third-order valence-corrected chi connectivity index (χ3v) is 6.07. The Morgan fingerprint density at radius 1 is 1.06 bits per heavy atom. The van der Waals surface area contributed by atoms with Crippen LogP contribution < -0.4 is 10.1 Å². The minimum absolute atomic E-state index is 0.0655. The Kier molecular flexibility index (Phi) is 5.79. The second-order valence-electron chi connectivity index (χ2n) is 8.50. The summed E-state index contributed by atoms with van der Waals surface area (Å²) in [5.41, 5.74) is 5.53. The number of carbonyl (C=O) groups excluding carboxylic acids is 1. The first kappa shape index (κ1) is 22.1. The minimum atomic E-state index is -0.120. The number of nitrogens with one attached hydrogen (secondary N) is 1. The molecule has 0 fully saturated rings. The Morgan fingerprint density at radius 3 is 2.50 bits per heavy atom. The molecule has 1 atom stereocenters. The number of hydrogen-bond donors (Lipinski definition) is 1. The fourth-order valence-electron chi connectivity index (χ4n) is 4.37. The molecule has 1 aliphatic rings. The summed E-state index contributed by atoms with van der Waals surface area (Å²) in [7, 11) is 0. The minimum Gasteiger partial charge on any atom is -0.489 e. The Labute approximate surface area is 202 Å². The number of carbonyl (C=O) groups is 1. The van der Waals surface area contributed by atoms with E-state index >= 15 is 0 Å². The number of fused-ring (bicyclic) bond motifs is 1. The van der Waals surface area contributed by atoms with Crippen LogP contribution in [-0.2, 0) is 11.4 Å². The van der Waals surface area contributed by atoms with Gasteiger partial charge in [0.05, 0.1) is 5.69 Å². The molecule has 1 aliphatic heterocycles. The SMILES string of the molecule is Cc1cc(C)nc(-n2nc(C)c3c2NC(=O)C[C@H]3c2ccc(OCc3cccc(Cl)c3)cc2)n1. The number of aryl methyl sites for hydroxylation is 3. The third-order valence-electron chi connectivity index (χ3n) is 5.84. The predicted molar refractivity (Wildman–Crippen MR) is 131 cm³/mol. The average Bonchev–Trinajstić information content (AvgIpc) is 3.13. The molecule has 4 aromatic rings. The van der Waals surface area contributed by atoms with Crippen LogP contribution in [0.3, 0.4) is 0 Å². The number of ether oxygens (including phenoxy) is 1. The molecule has 0 aliphatic carbocycles. The molecular formula is C26H24ClN5O2.